The van der Waals surface area contributed by atoms with E-state index >= 15 is 0 Å². The lowest BCUT2D eigenvalue weighted by Gasteiger charge is -2.24. The second-order valence-electron chi connectivity index (χ2n) is 9.30. The Morgan fingerprint density at radius 2 is 2.11 bits per heavy atom. The van der Waals surface area contributed by atoms with Gasteiger partial charge in [-0.2, -0.15) is 10.2 Å². The van der Waals surface area contributed by atoms with E-state index in [-0.39, 0.29) is 11.5 Å². The summed E-state index contributed by atoms with van der Waals surface area (Å²) in [5.74, 6) is -1.27. The highest BCUT2D eigenvalue weighted by molar-refractivity contribution is 5.96. The Morgan fingerprint density at radius 1 is 1.30 bits per heavy atom. The average molecular weight is 504 g/mol. The summed E-state index contributed by atoms with van der Waals surface area (Å²) in [6.45, 7) is 4.62. The van der Waals surface area contributed by atoms with Crippen LogP contribution in [0.4, 0.5) is 4.39 Å². The molecule has 4 rings (SSSR count). The molecule has 0 aliphatic carbocycles. The van der Waals surface area contributed by atoms with Crippen LogP contribution >= 0.6 is 0 Å². The minimum absolute atomic E-state index is 0.0946. The molecule has 0 radical (unpaired) electrons. The summed E-state index contributed by atoms with van der Waals surface area (Å²) in [4.78, 5) is 37.4. The summed E-state index contributed by atoms with van der Waals surface area (Å²) >= 11 is 0. The van der Waals surface area contributed by atoms with Gasteiger partial charge in [-0.1, -0.05) is 32.4 Å². The highest BCUT2D eigenvalue weighted by Gasteiger charge is 2.34. The Kier molecular flexibility index (Phi) is 7.97. The molecule has 3 aromatic rings. The number of benzene rings is 1. The second kappa shape index (κ2) is 11.3. The Bertz CT molecular complexity index is 1380. The van der Waals surface area contributed by atoms with Crippen LogP contribution < -0.4 is 5.56 Å². The fourth-order valence-corrected chi connectivity index (χ4v) is 4.94. The summed E-state index contributed by atoms with van der Waals surface area (Å²) in [7, 11) is 0. The second-order valence-corrected chi connectivity index (χ2v) is 9.30. The normalized spacial score (nSPS) is 15.9. The van der Waals surface area contributed by atoms with Crippen molar-refractivity contribution in [3.05, 3.63) is 87.0 Å². The Hall–Kier alpha value is -4.06. The first-order valence-corrected chi connectivity index (χ1v) is 12.6. The molecule has 0 bridgehead atoms. The zero-order chi connectivity index (χ0) is 26.5. The summed E-state index contributed by atoms with van der Waals surface area (Å²) in [5, 5.41) is 20.1. The topological polar surface area (TPSA) is 112 Å². The molecule has 0 spiro atoms. The van der Waals surface area contributed by atoms with E-state index < -0.39 is 29.2 Å². The van der Waals surface area contributed by atoms with Gasteiger partial charge in [-0.05, 0) is 49.1 Å². The number of aryl methyl sites for hydroxylation is 1. The summed E-state index contributed by atoms with van der Waals surface area (Å²) in [6.07, 6.45) is 4.37. The molecule has 1 unspecified atom stereocenters. The minimum Gasteiger partial charge on any atom is -0.493 e. The number of nitrogens with zero attached hydrogens (tertiary/aromatic N) is 5. The third-order valence-electron chi connectivity index (χ3n) is 6.88. The third kappa shape index (κ3) is 5.38. The van der Waals surface area contributed by atoms with Gasteiger partial charge in [-0.15, -0.1) is 0 Å². The van der Waals surface area contributed by atoms with Gasteiger partial charge >= 0.3 is 0 Å². The SMILES string of the molecule is CCCCc1nc(O)c(C(=O)N2CCC(c3ccc(F)cn3)C2)c(=O)n1[C@H](CC)c1cccc(C#N)c1. The fourth-order valence-electron chi connectivity index (χ4n) is 4.94. The number of nitriles is 1. The molecule has 8 nitrogen and oxygen atoms in total. The molecule has 37 heavy (non-hydrogen) atoms. The Labute approximate surface area is 215 Å². The summed E-state index contributed by atoms with van der Waals surface area (Å²) in [5.41, 5.74) is 0.953. The number of aromatic hydroxyl groups is 1. The zero-order valence-corrected chi connectivity index (χ0v) is 21.0. The highest BCUT2D eigenvalue weighted by atomic mass is 19.1. The molecule has 0 saturated carbocycles. The lowest BCUT2D eigenvalue weighted by atomic mass is 10.0. The van der Waals surface area contributed by atoms with Crippen LogP contribution in [0, 0.1) is 17.1 Å². The van der Waals surface area contributed by atoms with Gasteiger partial charge in [0.15, 0.2) is 5.56 Å². The van der Waals surface area contributed by atoms with E-state index in [0.717, 1.165) is 24.6 Å². The molecule has 1 aromatic carbocycles. The minimum atomic E-state index is -0.596. The molecule has 2 aromatic heterocycles. The average Bonchev–Trinajstić information content (AvgIpc) is 3.40. The van der Waals surface area contributed by atoms with Crippen LogP contribution in [-0.4, -0.2) is 43.5 Å². The van der Waals surface area contributed by atoms with Crippen molar-refractivity contribution in [2.24, 2.45) is 0 Å². The number of aromatic nitrogens is 3. The number of rotatable bonds is 8. The standard InChI is InChI=1S/C28H30FN5O3/c1-3-5-9-24-32-26(35)25(27(36)33-13-12-20(17-33)22-11-10-21(29)16-31-22)28(37)34(24)23(4-2)19-8-6-7-18(14-19)15-30/h6-8,10-11,14,16,20,23,35H,3-5,9,12-13,17H2,1-2H3/t20?,23-/m1/s1. The van der Waals surface area contributed by atoms with Gasteiger partial charge in [0.2, 0.25) is 5.88 Å². The number of unbranched alkanes of at least 4 members (excludes halogenated alkanes) is 1. The van der Waals surface area contributed by atoms with Crippen molar-refractivity contribution in [3.63, 3.8) is 0 Å². The Morgan fingerprint density at radius 3 is 2.78 bits per heavy atom. The maximum absolute atomic E-state index is 13.9. The fraction of sp³-hybridized carbons (Fsp3) is 0.393. The van der Waals surface area contributed by atoms with E-state index in [2.05, 4.69) is 16.0 Å². The van der Waals surface area contributed by atoms with Crippen molar-refractivity contribution < 1.29 is 14.3 Å². The van der Waals surface area contributed by atoms with Crippen LogP contribution in [0.3, 0.4) is 0 Å². The van der Waals surface area contributed by atoms with E-state index in [1.54, 1.807) is 24.3 Å². The van der Waals surface area contributed by atoms with Crippen molar-refractivity contribution in [3.8, 4) is 11.9 Å². The molecule has 1 aliphatic rings. The van der Waals surface area contributed by atoms with Gasteiger partial charge < -0.3 is 10.0 Å². The first-order chi connectivity index (χ1) is 17.9. The zero-order valence-electron chi connectivity index (χ0n) is 21.0. The van der Waals surface area contributed by atoms with Crippen LogP contribution in [0.1, 0.15) is 84.5 Å². The highest BCUT2D eigenvalue weighted by Crippen LogP contribution is 2.29. The smallest absolute Gasteiger partial charge is 0.270 e. The van der Waals surface area contributed by atoms with Gasteiger partial charge in [-0.25, -0.2) is 4.39 Å². The largest absolute Gasteiger partial charge is 0.493 e. The number of carbonyl (C=O) groups is 1. The van der Waals surface area contributed by atoms with Gasteiger partial charge in [0.1, 0.15) is 11.6 Å². The number of carbonyl (C=O) groups excluding carboxylic acids is 1. The van der Waals surface area contributed by atoms with E-state index in [9.17, 15) is 24.3 Å². The molecular weight excluding hydrogens is 473 g/mol. The number of hydrogen-bond donors (Lipinski definition) is 1. The van der Waals surface area contributed by atoms with Crippen LogP contribution in [0.2, 0.25) is 0 Å². The van der Waals surface area contributed by atoms with Crippen molar-refractivity contribution in [2.45, 2.75) is 57.9 Å². The molecule has 1 N–H and O–H groups in total. The number of likely N-dealkylation sites (tertiary alicyclic amines) is 1. The number of amides is 1. The van der Waals surface area contributed by atoms with Crippen LogP contribution in [0.15, 0.2) is 47.4 Å². The molecule has 1 amide bonds. The predicted octanol–water partition coefficient (Wildman–Crippen LogP) is 4.33. The monoisotopic (exact) mass is 503 g/mol. The first-order valence-electron chi connectivity index (χ1n) is 12.6. The third-order valence-corrected chi connectivity index (χ3v) is 6.88. The summed E-state index contributed by atoms with van der Waals surface area (Å²) in [6, 6.07) is 11.7. The molecule has 1 saturated heterocycles. The molecule has 3 heterocycles. The van der Waals surface area contributed by atoms with Gasteiger partial charge in [0.05, 0.1) is 23.9 Å². The van der Waals surface area contributed by atoms with Gasteiger partial charge in [-0.3, -0.25) is 19.1 Å². The maximum Gasteiger partial charge on any atom is 0.270 e. The number of halogens is 1. The van der Waals surface area contributed by atoms with Crippen LogP contribution in [-0.2, 0) is 6.42 Å². The van der Waals surface area contributed by atoms with Crippen molar-refractivity contribution in [2.75, 3.05) is 13.1 Å². The molecule has 9 heteroatoms. The van der Waals surface area contributed by atoms with Crippen LogP contribution in [0.5, 0.6) is 5.88 Å². The lowest BCUT2D eigenvalue weighted by molar-refractivity contribution is 0.0783. The molecule has 192 valence electrons. The van der Waals surface area contributed by atoms with Crippen molar-refractivity contribution in [1.82, 2.24) is 19.4 Å². The molecule has 2 atom stereocenters. The van der Waals surface area contributed by atoms with E-state index in [4.69, 9.17) is 0 Å². The summed E-state index contributed by atoms with van der Waals surface area (Å²) < 4.78 is 14.8. The van der Waals surface area contributed by atoms with Gasteiger partial charge in [0, 0.05) is 31.1 Å². The lowest BCUT2D eigenvalue weighted by Crippen LogP contribution is -2.38. The molecule has 1 aliphatic heterocycles. The number of pyridine rings is 1. The van der Waals surface area contributed by atoms with E-state index in [0.29, 0.717) is 49.4 Å². The first kappa shape index (κ1) is 26.0. The Balaban J connectivity index is 1.73. The number of hydrogen-bond acceptors (Lipinski definition) is 6. The van der Waals surface area contributed by atoms with Crippen molar-refractivity contribution >= 4 is 5.91 Å². The predicted molar refractivity (Wildman–Crippen MR) is 136 cm³/mol. The maximum atomic E-state index is 13.9. The van der Waals surface area contributed by atoms with Crippen molar-refractivity contribution in [1.29, 1.82) is 5.26 Å². The molecule has 1 fully saturated rings. The quantitative estimate of drug-likeness (QED) is 0.490. The van der Waals surface area contributed by atoms with Gasteiger partial charge in [0.25, 0.3) is 11.5 Å². The van der Waals surface area contributed by atoms with Crippen LogP contribution in [0.25, 0.3) is 0 Å². The van der Waals surface area contributed by atoms with E-state index in [1.165, 1.54) is 15.5 Å². The van der Waals surface area contributed by atoms with E-state index in [1.807, 2.05) is 19.9 Å². The molecular formula is C28H30FN5O3.